The van der Waals surface area contributed by atoms with Crippen LogP contribution in [0.3, 0.4) is 0 Å². The van der Waals surface area contributed by atoms with E-state index in [1.165, 1.54) is 0 Å². The summed E-state index contributed by atoms with van der Waals surface area (Å²) < 4.78 is 0. The second-order valence-electron chi connectivity index (χ2n) is 7.69. The predicted molar refractivity (Wildman–Crippen MR) is 113 cm³/mol. The van der Waals surface area contributed by atoms with Crippen molar-refractivity contribution in [2.24, 2.45) is 5.92 Å². The number of nitrogens with one attached hydrogen (secondary N) is 2. The van der Waals surface area contributed by atoms with Crippen molar-refractivity contribution in [3.05, 3.63) is 54.2 Å². The number of H-pyrrole nitrogens is 1. The molecule has 0 aliphatic heterocycles. The molecule has 1 fully saturated rings. The second kappa shape index (κ2) is 8.07. The lowest BCUT2D eigenvalue weighted by Gasteiger charge is -2.25. The quantitative estimate of drug-likeness (QED) is 0.699. The Morgan fingerprint density at radius 1 is 1.17 bits per heavy atom. The van der Waals surface area contributed by atoms with Crippen molar-refractivity contribution in [2.75, 3.05) is 13.6 Å². The molecule has 6 heteroatoms. The minimum Gasteiger partial charge on any atom is -0.356 e. The molecule has 0 spiro atoms. The molecule has 29 heavy (non-hydrogen) atoms. The van der Waals surface area contributed by atoms with Gasteiger partial charge < -0.3 is 10.2 Å². The second-order valence-corrected chi connectivity index (χ2v) is 7.69. The van der Waals surface area contributed by atoms with Gasteiger partial charge >= 0.3 is 0 Å². The summed E-state index contributed by atoms with van der Waals surface area (Å²) in [5.74, 6) is 0.112. The highest BCUT2D eigenvalue weighted by Gasteiger charge is 2.33. The van der Waals surface area contributed by atoms with Crippen LogP contribution in [-0.2, 0) is 4.79 Å². The van der Waals surface area contributed by atoms with Gasteiger partial charge in [-0.3, -0.25) is 14.7 Å². The van der Waals surface area contributed by atoms with Gasteiger partial charge in [-0.2, -0.15) is 5.10 Å². The number of amides is 2. The van der Waals surface area contributed by atoms with E-state index in [2.05, 4.69) is 21.6 Å². The van der Waals surface area contributed by atoms with Crippen molar-refractivity contribution < 1.29 is 9.59 Å². The Kier molecular flexibility index (Phi) is 5.34. The van der Waals surface area contributed by atoms with Gasteiger partial charge in [0.2, 0.25) is 5.91 Å². The molecule has 2 atom stereocenters. The number of carbonyl (C=O) groups is 2. The predicted octanol–water partition coefficient (Wildman–Crippen LogP) is 3.61. The van der Waals surface area contributed by atoms with Crippen LogP contribution in [0.4, 0.5) is 0 Å². The first kappa shape index (κ1) is 19.2. The Balaban J connectivity index is 1.47. The molecule has 0 saturated heterocycles. The van der Waals surface area contributed by atoms with E-state index in [0.29, 0.717) is 12.1 Å². The molecule has 2 aromatic carbocycles. The van der Waals surface area contributed by atoms with E-state index in [1.807, 2.05) is 56.6 Å². The molecular formula is C23H26N4O2. The number of benzene rings is 2. The number of aromatic nitrogens is 2. The maximum atomic E-state index is 13.0. The number of rotatable bonds is 5. The molecule has 150 valence electrons. The van der Waals surface area contributed by atoms with E-state index >= 15 is 0 Å². The third-order valence-electron chi connectivity index (χ3n) is 5.92. The lowest BCUT2D eigenvalue weighted by molar-refractivity contribution is -0.124. The summed E-state index contributed by atoms with van der Waals surface area (Å²) in [7, 11) is 1.84. The van der Waals surface area contributed by atoms with Crippen molar-refractivity contribution in [3.8, 4) is 11.1 Å². The van der Waals surface area contributed by atoms with Gasteiger partial charge in [-0.1, -0.05) is 24.3 Å². The van der Waals surface area contributed by atoms with Crippen LogP contribution in [0.25, 0.3) is 22.0 Å². The molecule has 1 heterocycles. The summed E-state index contributed by atoms with van der Waals surface area (Å²) in [6.45, 7) is 2.57. The van der Waals surface area contributed by atoms with E-state index in [4.69, 9.17) is 0 Å². The fourth-order valence-corrected chi connectivity index (χ4v) is 4.25. The average molecular weight is 390 g/mol. The molecule has 1 aromatic heterocycles. The van der Waals surface area contributed by atoms with Gasteiger partial charge in [0.1, 0.15) is 0 Å². The first-order valence-electron chi connectivity index (χ1n) is 10.2. The molecule has 1 aliphatic rings. The molecular weight excluding hydrogens is 364 g/mol. The van der Waals surface area contributed by atoms with E-state index in [1.54, 1.807) is 4.90 Å². The van der Waals surface area contributed by atoms with Gasteiger partial charge in [-0.25, -0.2) is 0 Å². The minimum absolute atomic E-state index is 0.000352. The van der Waals surface area contributed by atoms with Gasteiger partial charge in [-0.05, 0) is 55.5 Å². The zero-order chi connectivity index (χ0) is 20.4. The van der Waals surface area contributed by atoms with E-state index < -0.39 is 0 Å². The average Bonchev–Trinajstić information content (AvgIpc) is 3.42. The standard InChI is InChI=1S/C23H26N4O2/c1-3-24-22(28)17-11-12-18(13-17)27(2)23(29)16-9-7-15(8-10-16)19-5-4-6-21-20(19)14-25-26-21/h4-10,14,17-18H,3,11-13H2,1-2H3,(H,24,28)(H,25,26)/t17-,18+/m0/s1. The zero-order valence-electron chi connectivity index (χ0n) is 16.8. The van der Waals surface area contributed by atoms with Crippen LogP contribution in [0, 0.1) is 5.92 Å². The SMILES string of the molecule is CCNC(=O)[C@H]1CC[C@@H](N(C)C(=O)c2ccc(-c3cccc4[nH]ncc34)cc2)C1. The fourth-order valence-electron chi connectivity index (χ4n) is 4.25. The molecule has 0 bridgehead atoms. The number of aromatic amines is 1. The number of carbonyl (C=O) groups excluding carboxylic acids is 2. The highest BCUT2D eigenvalue weighted by molar-refractivity contribution is 5.97. The fraction of sp³-hybridized carbons (Fsp3) is 0.348. The molecule has 4 rings (SSSR count). The summed E-state index contributed by atoms with van der Waals surface area (Å²) in [5, 5.41) is 11.1. The van der Waals surface area contributed by atoms with Gasteiger partial charge in [0, 0.05) is 36.5 Å². The Labute approximate surface area is 170 Å². The molecule has 2 amide bonds. The molecule has 0 radical (unpaired) electrons. The Morgan fingerprint density at radius 3 is 2.72 bits per heavy atom. The normalized spacial score (nSPS) is 18.7. The van der Waals surface area contributed by atoms with E-state index in [9.17, 15) is 9.59 Å². The Hall–Kier alpha value is -3.15. The van der Waals surface area contributed by atoms with Gasteiger partial charge in [0.05, 0.1) is 11.7 Å². The van der Waals surface area contributed by atoms with Gasteiger partial charge in [-0.15, -0.1) is 0 Å². The highest BCUT2D eigenvalue weighted by atomic mass is 16.2. The third-order valence-corrected chi connectivity index (χ3v) is 5.92. The van der Waals surface area contributed by atoms with Crippen LogP contribution >= 0.6 is 0 Å². The van der Waals surface area contributed by atoms with Crippen LogP contribution in [0.15, 0.2) is 48.7 Å². The lowest BCUT2D eigenvalue weighted by atomic mass is 10.0. The molecule has 1 saturated carbocycles. The first-order valence-corrected chi connectivity index (χ1v) is 10.2. The Morgan fingerprint density at radius 2 is 1.97 bits per heavy atom. The van der Waals surface area contributed by atoms with Crippen molar-refractivity contribution in [2.45, 2.75) is 32.2 Å². The number of nitrogens with zero attached hydrogens (tertiary/aromatic N) is 2. The summed E-state index contributed by atoms with van der Waals surface area (Å²) >= 11 is 0. The van der Waals surface area contributed by atoms with Crippen molar-refractivity contribution >= 4 is 22.7 Å². The van der Waals surface area contributed by atoms with Crippen LogP contribution in [0.2, 0.25) is 0 Å². The van der Waals surface area contributed by atoms with Crippen molar-refractivity contribution in [3.63, 3.8) is 0 Å². The number of hydrogen-bond donors (Lipinski definition) is 2. The number of hydrogen-bond acceptors (Lipinski definition) is 3. The van der Waals surface area contributed by atoms with Crippen LogP contribution in [-0.4, -0.2) is 46.5 Å². The Bertz CT molecular complexity index is 1020. The topological polar surface area (TPSA) is 78.1 Å². The van der Waals surface area contributed by atoms with Crippen LogP contribution in [0.1, 0.15) is 36.5 Å². The monoisotopic (exact) mass is 390 g/mol. The molecule has 1 aliphatic carbocycles. The molecule has 6 nitrogen and oxygen atoms in total. The molecule has 0 unspecified atom stereocenters. The largest absolute Gasteiger partial charge is 0.356 e. The van der Waals surface area contributed by atoms with E-state index in [-0.39, 0.29) is 23.8 Å². The zero-order valence-corrected chi connectivity index (χ0v) is 16.8. The summed E-state index contributed by atoms with van der Waals surface area (Å²) in [6.07, 6.45) is 4.25. The van der Waals surface area contributed by atoms with Crippen molar-refractivity contribution in [1.82, 2.24) is 20.4 Å². The first-order chi connectivity index (χ1) is 14.1. The highest BCUT2D eigenvalue weighted by Crippen LogP contribution is 2.31. The smallest absolute Gasteiger partial charge is 0.253 e. The number of fused-ring (bicyclic) bond motifs is 1. The maximum absolute atomic E-state index is 13.0. The summed E-state index contributed by atoms with van der Waals surface area (Å²) in [6, 6.07) is 13.9. The minimum atomic E-state index is -0.000352. The van der Waals surface area contributed by atoms with Gasteiger partial charge in [0.15, 0.2) is 0 Å². The van der Waals surface area contributed by atoms with Crippen LogP contribution < -0.4 is 5.32 Å². The summed E-state index contributed by atoms with van der Waals surface area (Å²) in [5.41, 5.74) is 3.79. The molecule has 2 N–H and O–H groups in total. The lowest BCUT2D eigenvalue weighted by Crippen LogP contribution is -2.36. The molecule has 3 aromatic rings. The summed E-state index contributed by atoms with van der Waals surface area (Å²) in [4.78, 5) is 26.8. The maximum Gasteiger partial charge on any atom is 0.253 e. The van der Waals surface area contributed by atoms with Crippen LogP contribution in [0.5, 0.6) is 0 Å². The van der Waals surface area contributed by atoms with Gasteiger partial charge in [0.25, 0.3) is 5.91 Å². The van der Waals surface area contributed by atoms with Crippen molar-refractivity contribution in [1.29, 1.82) is 0 Å². The third kappa shape index (κ3) is 3.75. The van der Waals surface area contributed by atoms with E-state index in [0.717, 1.165) is 41.3 Å².